The number of halogens is 4. The van der Waals surface area contributed by atoms with E-state index in [1.165, 1.54) is 11.9 Å². The Labute approximate surface area is 548 Å². The number of allylic oxidation sites excluding steroid dienone is 1. The minimum absolute atomic E-state index is 0.0319. The molecular weight excluding hydrogens is 1260 g/mol. The highest BCUT2D eigenvalue weighted by atomic mass is 32.2. The van der Waals surface area contributed by atoms with Crippen LogP contribution in [0.1, 0.15) is 145 Å². The van der Waals surface area contributed by atoms with Gasteiger partial charge in [-0.1, -0.05) is 13.0 Å². The van der Waals surface area contributed by atoms with Crippen molar-refractivity contribution in [1.82, 2.24) is 58.6 Å². The van der Waals surface area contributed by atoms with E-state index in [2.05, 4.69) is 83.9 Å². The number of anilines is 3. The predicted octanol–water partition coefficient (Wildman–Crippen LogP) is 9.60. The zero-order valence-corrected chi connectivity index (χ0v) is 55.1. The van der Waals surface area contributed by atoms with Crippen molar-refractivity contribution in [3.8, 4) is 22.3 Å². The molecule has 0 amide bonds. The smallest absolute Gasteiger partial charge is 0.345 e. The first-order valence-corrected chi connectivity index (χ1v) is 34.1. The summed E-state index contributed by atoms with van der Waals surface area (Å²) in [6.45, 7) is 3.53. The van der Waals surface area contributed by atoms with Crippen LogP contribution in [0.4, 0.5) is 35.4 Å². The summed E-state index contributed by atoms with van der Waals surface area (Å²) in [7, 11) is -0.0944. The van der Waals surface area contributed by atoms with Crippen molar-refractivity contribution in [1.29, 1.82) is 0 Å². The number of methoxy groups -OCH3 is 2. The molecule has 0 bridgehead atoms. The number of nitrogens with one attached hydrogen (secondary N) is 3. The zero-order valence-electron chi connectivity index (χ0n) is 54.3. The first-order valence-electron chi connectivity index (χ1n) is 32.5. The highest BCUT2D eigenvalue weighted by molar-refractivity contribution is 7.91. The van der Waals surface area contributed by atoms with E-state index in [9.17, 15) is 41.3 Å². The molecule has 3 saturated carbocycles. The molecule has 0 aromatic carbocycles. The molecule has 514 valence electrons. The van der Waals surface area contributed by atoms with E-state index in [0.29, 0.717) is 61.5 Å². The third-order valence-electron chi connectivity index (χ3n) is 17.7. The summed E-state index contributed by atoms with van der Waals surface area (Å²) in [6, 6.07) is 7.21. The molecule has 1 aliphatic heterocycles. The SMILES string of the molecule is CCS(=O)(=O)c1cncc(-c2cc(C3CCC(O)CC3)n3nc(N[C@@H](C)COC(F)F)ncc23)c1.COCCn1cc(-c2cc(C3CCC(O)CC3)n3nc(N[C@@H](C)COC(F)F)ncc23)cn1.COC[C@H](C)Nc1ncc2c(C3=CCN=C3)cc(C3CCC(O)CC3)n2n1. The molecule has 25 nitrogen and oxygen atoms in total. The summed E-state index contributed by atoms with van der Waals surface area (Å²) in [5.41, 5.74) is 11.2. The fourth-order valence-electron chi connectivity index (χ4n) is 12.6. The van der Waals surface area contributed by atoms with Gasteiger partial charge in [-0.15, -0.1) is 15.3 Å². The largest absolute Gasteiger partial charge is 0.393 e. The summed E-state index contributed by atoms with van der Waals surface area (Å²) < 4.78 is 101. The lowest BCUT2D eigenvalue weighted by Gasteiger charge is -2.25. The second kappa shape index (κ2) is 32.4. The van der Waals surface area contributed by atoms with E-state index >= 15 is 0 Å². The Bertz CT molecular complexity index is 3990. The average Bonchev–Trinajstić information content (AvgIpc) is 1.64. The lowest BCUT2D eigenvalue weighted by atomic mass is 9.85. The number of ether oxygens (including phenoxy) is 4. The maximum atomic E-state index is 12.4. The molecule has 12 rings (SSSR count). The minimum atomic E-state index is -3.44. The number of rotatable bonds is 25. The Morgan fingerprint density at radius 2 is 1.01 bits per heavy atom. The van der Waals surface area contributed by atoms with Crippen molar-refractivity contribution in [3.63, 3.8) is 0 Å². The van der Waals surface area contributed by atoms with Gasteiger partial charge in [0.2, 0.25) is 17.8 Å². The summed E-state index contributed by atoms with van der Waals surface area (Å²) in [6.07, 6.45) is 25.1. The molecule has 0 radical (unpaired) electrons. The van der Waals surface area contributed by atoms with E-state index < -0.39 is 35.1 Å². The fraction of sp³-hybridized carbons (Fsp3) is 0.554. The summed E-state index contributed by atoms with van der Waals surface area (Å²) in [5.74, 6) is 1.94. The molecular formula is C65H86F4N16O9S. The lowest BCUT2D eigenvalue weighted by molar-refractivity contribution is -0.130. The number of pyridine rings is 1. The standard InChI is InChI=1S/C23H29F2N5O4S.C22H30F2N6O3.C20H27N5O2/c1-3-35(32,33)18-8-16(10-26-11-18)19-9-20(15-4-6-17(31)7-5-15)30-21(19)12-27-23(29-30)28-14(2)13-34-22(24)25;1-14(13-33-21(23)24)27-22-25-11-20-18(16-10-26-29(12-16)7-8-32-2)9-19(30(20)28-22)15-3-5-17(31)6-4-15;1-13(12-27-2)23-20-22-11-19-17(15-7-8-21-10-15)9-18(25(19)24-20)14-3-5-16(26)6-4-14/h8-12,14-15,17,22,31H,3-7,13H2,1-2H3,(H,28,29);9-12,14-15,17,21,31H,3-8,13H2,1-2H3,(H,27,28);7,9-11,13-14,16,26H,3-6,8,12H2,1-2H3,(H,23,24)/t2*14-,15?,17?;13-,14?,16?/m000/s1. The van der Waals surface area contributed by atoms with E-state index in [4.69, 9.17) is 14.6 Å². The molecule has 6 N–H and O–H groups in total. The monoisotopic (exact) mass is 1340 g/mol. The van der Waals surface area contributed by atoms with E-state index in [1.54, 1.807) is 64.2 Å². The number of fused-ring (bicyclic) bond motifs is 3. The Morgan fingerprint density at radius 3 is 1.43 bits per heavy atom. The number of hydrogen-bond donors (Lipinski definition) is 6. The molecule has 8 aromatic rings. The second-order valence-electron chi connectivity index (χ2n) is 24.8. The molecule has 4 aliphatic rings. The Balaban J connectivity index is 0.000000156. The zero-order chi connectivity index (χ0) is 67.3. The second-order valence-corrected chi connectivity index (χ2v) is 27.1. The van der Waals surface area contributed by atoms with Gasteiger partial charge >= 0.3 is 13.2 Å². The summed E-state index contributed by atoms with van der Waals surface area (Å²) in [4.78, 5) is 21.9. The molecule has 95 heavy (non-hydrogen) atoms. The van der Waals surface area contributed by atoms with Gasteiger partial charge < -0.3 is 50.2 Å². The quantitative estimate of drug-likeness (QED) is 0.0290. The van der Waals surface area contributed by atoms with E-state index in [-0.39, 0.29) is 66.0 Å². The highest BCUT2D eigenvalue weighted by Crippen LogP contribution is 2.41. The first-order chi connectivity index (χ1) is 45.8. The van der Waals surface area contributed by atoms with Gasteiger partial charge in [0.25, 0.3) is 0 Å². The van der Waals surface area contributed by atoms with Gasteiger partial charge in [-0.25, -0.2) is 36.9 Å². The third kappa shape index (κ3) is 17.9. The van der Waals surface area contributed by atoms with Crippen LogP contribution in [0.25, 0.3) is 44.4 Å². The Hall–Kier alpha value is -7.58. The minimum Gasteiger partial charge on any atom is -0.393 e. The Morgan fingerprint density at radius 1 is 0.568 bits per heavy atom. The molecule has 0 spiro atoms. The van der Waals surface area contributed by atoms with Gasteiger partial charge in [0.05, 0.1) is 110 Å². The molecule has 9 heterocycles. The van der Waals surface area contributed by atoms with Gasteiger partial charge in [-0.2, -0.15) is 22.7 Å². The van der Waals surface area contributed by atoms with Crippen LogP contribution in [0.15, 0.2) is 83.6 Å². The van der Waals surface area contributed by atoms with Crippen LogP contribution in [0, 0.1) is 0 Å². The third-order valence-corrected chi connectivity index (χ3v) is 19.4. The number of aliphatic hydroxyl groups excluding tert-OH is 3. The van der Waals surface area contributed by atoms with Crippen molar-refractivity contribution in [2.75, 3.05) is 68.9 Å². The van der Waals surface area contributed by atoms with Gasteiger partial charge in [-0.3, -0.25) is 14.7 Å². The summed E-state index contributed by atoms with van der Waals surface area (Å²) in [5, 5.41) is 57.6. The molecule has 0 saturated heterocycles. The number of sulfone groups is 1. The van der Waals surface area contributed by atoms with Crippen molar-refractivity contribution < 1.29 is 60.2 Å². The molecule has 3 atom stereocenters. The predicted molar refractivity (Wildman–Crippen MR) is 351 cm³/mol. The average molecular weight is 1340 g/mol. The number of nitrogens with zero attached hydrogens (tertiary/aromatic N) is 13. The number of hydrogen-bond acceptors (Lipinski definition) is 21. The summed E-state index contributed by atoms with van der Waals surface area (Å²) >= 11 is 0. The molecule has 30 heteroatoms. The Kier molecular flexibility index (Phi) is 24.0. The molecule has 3 aliphatic carbocycles. The topological polar surface area (TPSA) is 301 Å². The maximum absolute atomic E-state index is 12.4. The van der Waals surface area contributed by atoms with Crippen LogP contribution in [-0.2, 0) is 35.3 Å². The molecule has 3 fully saturated rings. The van der Waals surface area contributed by atoms with Gasteiger partial charge in [-0.05, 0) is 128 Å². The maximum Gasteiger partial charge on any atom is 0.345 e. The van der Waals surface area contributed by atoms with Crippen LogP contribution in [-0.4, -0.2) is 191 Å². The van der Waals surface area contributed by atoms with Gasteiger partial charge in [0, 0.05) is 120 Å². The lowest BCUT2D eigenvalue weighted by Crippen LogP contribution is -2.25. The van der Waals surface area contributed by atoms with Crippen molar-refractivity contribution in [3.05, 3.63) is 96.4 Å². The van der Waals surface area contributed by atoms with E-state index in [1.807, 2.05) is 51.5 Å². The highest BCUT2D eigenvalue weighted by Gasteiger charge is 2.30. The van der Waals surface area contributed by atoms with Crippen LogP contribution in [0.3, 0.4) is 0 Å². The van der Waals surface area contributed by atoms with Crippen molar-refractivity contribution >= 4 is 56.0 Å². The molecule has 8 aromatic heterocycles. The first kappa shape index (κ1) is 70.2. The van der Waals surface area contributed by atoms with Crippen LogP contribution in [0.5, 0.6) is 0 Å². The number of aliphatic hydroxyl groups is 3. The van der Waals surface area contributed by atoms with Crippen LogP contribution >= 0.6 is 0 Å². The normalized spacial score (nSPS) is 20.9. The van der Waals surface area contributed by atoms with Crippen LogP contribution in [0.2, 0.25) is 0 Å². The molecule has 0 unspecified atom stereocenters. The number of aromatic nitrogens is 12. The van der Waals surface area contributed by atoms with E-state index in [0.717, 1.165) is 121 Å². The van der Waals surface area contributed by atoms with Gasteiger partial charge in [0.1, 0.15) is 0 Å². The van der Waals surface area contributed by atoms with Crippen molar-refractivity contribution in [2.24, 2.45) is 4.99 Å². The number of aliphatic imine (C=N–C) groups is 1. The fourth-order valence-corrected chi connectivity index (χ4v) is 13.5. The van der Waals surface area contributed by atoms with Gasteiger partial charge in [0.15, 0.2) is 9.84 Å². The van der Waals surface area contributed by atoms with Crippen molar-refractivity contribution in [2.45, 2.75) is 184 Å². The number of alkyl halides is 4. The van der Waals surface area contributed by atoms with Crippen LogP contribution < -0.4 is 16.0 Å².